The van der Waals surface area contributed by atoms with Gasteiger partial charge in [0.2, 0.25) is 11.9 Å². The SMILES string of the molecule is CCCCCCCCCCCCCCCC(=O)OC(OC(C(=O)OC1CC2CCC(C1)[N+]21CCCC1)(c1ccccc1)c1ccccc1)C1CCCC1.[Cl-]. The van der Waals surface area contributed by atoms with E-state index in [0.717, 1.165) is 57.8 Å². The molecule has 0 radical (unpaired) electrons. The molecule has 4 aliphatic rings. The molecule has 3 saturated heterocycles. The first-order valence-electron chi connectivity index (χ1n) is 22.1. The molecule has 1 saturated carbocycles. The summed E-state index contributed by atoms with van der Waals surface area (Å²) in [7, 11) is 0. The van der Waals surface area contributed by atoms with Gasteiger partial charge in [-0.1, -0.05) is 157 Å². The van der Waals surface area contributed by atoms with Gasteiger partial charge in [-0.25, -0.2) is 4.79 Å². The number of nitrogens with zero attached hydrogens (tertiary/aromatic N) is 1. The first kappa shape index (κ1) is 42.7. The lowest BCUT2D eigenvalue weighted by Gasteiger charge is -2.47. The van der Waals surface area contributed by atoms with Crippen molar-refractivity contribution < 1.29 is 40.7 Å². The molecule has 0 N–H and O–H groups in total. The molecule has 2 aromatic carbocycles. The smallest absolute Gasteiger partial charge is 0.348 e. The van der Waals surface area contributed by atoms with Gasteiger partial charge in [0.25, 0.3) is 0 Å². The van der Waals surface area contributed by atoms with Gasteiger partial charge in [0.05, 0.1) is 25.2 Å². The van der Waals surface area contributed by atoms with Crippen molar-refractivity contribution >= 4 is 11.9 Å². The van der Waals surface area contributed by atoms with Crippen LogP contribution in [0.4, 0.5) is 0 Å². The third-order valence-corrected chi connectivity index (χ3v) is 13.5. The Morgan fingerprint density at radius 3 is 1.65 bits per heavy atom. The zero-order chi connectivity index (χ0) is 36.8. The minimum Gasteiger partial charge on any atom is -1.00 e. The van der Waals surface area contributed by atoms with Gasteiger partial charge >= 0.3 is 11.9 Å². The van der Waals surface area contributed by atoms with E-state index in [2.05, 4.69) is 6.92 Å². The Bertz CT molecular complexity index is 1320. The average Bonchev–Trinajstić information content (AvgIpc) is 3.94. The Balaban J connectivity index is 0.00000561. The van der Waals surface area contributed by atoms with E-state index in [1.54, 1.807) is 0 Å². The molecule has 1 spiro atoms. The molecule has 4 fully saturated rings. The molecule has 3 atom stereocenters. The van der Waals surface area contributed by atoms with Crippen molar-refractivity contribution in [1.82, 2.24) is 0 Å². The summed E-state index contributed by atoms with van der Waals surface area (Å²) in [5.74, 6) is -0.572. The molecule has 6 nitrogen and oxygen atoms in total. The third-order valence-electron chi connectivity index (χ3n) is 13.5. The monoisotopic (exact) mass is 763 g/mol. The zero-order valence-corrected chi connectivity index (χ0v) is 34.2. The van der Waals surface area contributed by atoms with Crippen LogP contribution in [0, 0.1) is 5.92 Å². The Kier molecular flexibility index (Phi) is 17.2. The Morgan fingerprint density at radius 1 is 0.667 bits per heavy atom. The number of quaternary nitrogens is 1. The van der Waals surface area contributed by atoms with Crippen LogP contribution in [0.15, 0.2) is 60.7 Å². The number of carbonyl (C=O) groups is 2. The van der Waals surface area contributed by atoms with Crippen LogP contribution in [0.1, 0.15) is 172 Å². The third kappa shape index (κ3) is 10.7. The lowest BCUT2D eigenvalue weighted by molar-refractivity contribution is -0.956. The molecule has 2 aromatic rings. The molecule has 0 amide bonds. The van der Waals surface area contributed by atoms with Gasteiger partial charge in [-0.15, -0.1) is 0 Å². The topological polar surface area (TPSA) is 61.8 Å². The number of carbonyl (C=O) groups excluding carboxylic acids is 2. The van der Waals surface area contributed by atoms with Crippen LogP contribution in [0.5, 0.6) is 0 Å². The van der Waals surface area contributed by atoms with Crippen LogP contribution >= 0.6 is 0 Å². The van der Waals surface area contributed by atoms with Crippen LogP contribution in [-0.2, 0) is 29.4 Å². The van der Waals surface area contributed by atoms with E-state index >= 15 is 4.79 Å². The Labute approximate surface area is 333 Å². The predicted molar refractivity (Wildman–Crippen MR) is 212 cm³/mol. The first-order valence-corrected chi connectivity index (χ1v) is 22.1. The standard InChI is InChI=1S/C47H70NO5.ClH/c1-2-3-4-5-6-7-8-9-10-11-12-13-20-31-44(49)52-45(38-25-21-22-26-38)53-47(39-27-16-14-17-28-39,40-29-18-15-19-30-40)46(50)51-43-36-41-32-33-42(37-43)48(41)34-23-24-35-48;/h14-19,27-30,38,41-43,45H,2-13,20-26,31-37H2,1H3;1H/q+1;/p-1. The Hall–Kier alpha value is -2.41. The van der Waals surface area contributed by atoms with Gasteiger partial charge in [0, 0.05) is 50.9 Å². The highest BCUT2D eigenvalue weighted by molar-refractivity contribution is 5.86. The summed E-state index contributed by atoms with van der Waals surface area (Å²) in [6, 6.07) is 20.8. The maximum Gasteiger partial charge on any atom is 0.348 e. The summed E-state index contributed by atoms with van der Waals surface area (Å²) in [6.45, 7) is 4.84. The quantitative estimate of drug-likeness (QED) is 0.0523. The van der Waals surface area contributed by atoms with Crippen molar-refractivity contribution in [3.63, 3.8) is 0 Å². The second-order valence-corrected chi connectivity index (χ2v) is 17.1. The molecular formula is C47H70ClNO5. The highest BCUT2D eigenvalue weighted by atomic mass is 35.5. The van der Waals surface area contributed by atoms with Crippen LogP contribution < -0.4 is 12.4 Å². The first-order chi connectivity index (χ1) is 26.0. The summed E-state index contributed by atoms with van der Waals surface area (Å²) in [4.78, 5) is 28.6. The number of unbranched alkanes of at least 4 members (excludes halogenated alkanes) is 12. The van der Waals surface area contributed by atoms with Gasteiger partial charge in [0.15, 0.2) is 0 Å². The number of ether oxygens (including phenoxy) is 3. The zero-order valence-electron chi connectivity index (χ0n) is 33.4. The second-order valence-electron chi connectivity index (χ2n) is 17.1. The molecule has 3 aliphatic heterocycles. The van der Waals surface area contributed by atoms with Gasteiger partial charge in [-0.05, 0) is 30.4 Å². The van der Waals surface area contributed by atoms with Gasteiger partial charge in [-0.2, -0.15) is 0 Å². The normalized spacial score (nSPS) is 22.6. The van der Waals surface area contributed by atoms with Gasteiger partial charge < -0.3 is 31.1 Å². The minimum absolute atomic E-state index is 0. The maximum atomic E-state index is 15.0. The van der Waals surface area contributed by atoms with E-state index in [4.69, 9.17) is 14.2 Å². The number of halogens is 1. The number of piperidine rings is 1. The molecule has 1 aliphatic carbocycles. The Morgan fingerprint density at radius 2 is 1.15 bits per heavy atom. The van der Waals surface area contributed by atoms with Gasteiger partial charge in [0.1, 0.15) is 6.10 Å². The van der Waals surface area contributed by atoms with Crippen LogP contribution in [-0.4, -0.2) is 54.0 Å². The maximum absolute atomic E-state index is 15.0. The summed E-state index contributed by atoms with van der Waals surface area (Å²) in [6.07, 6.45) is 26.7. The average molecular weight is 765 g/mol. The van der Waals surface area contributed by atoms with E-state index in [9.17, 15) is 4.79 Å². The fraction of sp³-hybridized carbons (Fsp3) is 0.702. The fourth-order valence-electron chi connectivity index (χ4n) is 10.6. The fourth-order valence-corrected chi connectivity index (χ4v) is 10.6. The van der Waals surface area contributed by atoms with Crippen molar-refractivity contribution in [2.24, 2.45) is 5.92 Å². The molecule has 300 valence electrons. The van der Waals surface area contributed by atoms with Crippen LogP contribution in [0.25, 0.3) is 0 Å². The van der Waals surface area contributed by atoms with Crippen molar-refractivity contribution in [2.75, 3.05) is 13.1 Å². The van der Waals surface area contributed by atoms with Crippen molar-refractivity contribution in [3.8, 4) is 0 Å². The molecule has 0 aromatic heterocycles. The molecule has 3 heterocycles. The van der Waals surface area contributed by atoms with Crippen molar-refractivity contribution in [3.05, 3.63) is 71.8 Å². The van der Waals surface area contributed by atoms with E-state index < -0.39 is 11.9 Å². The molecule has 6 rings (SSSR count). The largest absolute Gasteiger partial charge is 1.00 e. The molecule has 54 heavy (non-hydrogen) atoms. The minimum atomic E-state index is -1.55. The number of hydrogen-bond donors (Lipinski definition) is 0. The van der Waals surface area contributed by atoms with E-state index in [-0.39, 0.29) is 36.4 Å². The molecular weight excluding hydrogens is 694 g/mol. The second kappa shape index (κ2) is 21.8. The van der Waals surface area contributed by atoms with E-state index in [1.165, 1.54) is 107 Å². The lowest BCUT2D eigenvalue weighted by Crippen LogP contribution is -3.00. The highest BCUT2D eigenvalue weighted by Crippen LogP contribution is 2.47. The number of esters is 2. The van der Waals surface area contributed by atoms with Gasteiger partial charge in [-0.3, -0.25) is 4.79 Å². The van der Waals surface area contributed by atoms with Crippen molar-refractivity contribution in [1.29, 1.82) is 0 Å². The van der Waals surface area contributed by atoms with Crippen LogP contribution in [0.3, 0.4) is 0 Å². The highest BCUT2D eigenvalue weighted by Gasteiger charge is 2.57. The van der Waals surface area contributed by atoms with Crippen molar-refractivity contribution in [2.45, 2.75) is 191 Å². The summed E-state index contributed by atoms with van der Waals surface area (Å²) in [5.41, 5.74) is -0.121. The summed E-state index contributed by atoms with van der Waals surface area (Å²) < 4.78 is 21.4. The van der Waals surface area contributed by atoms with E-state index in [1.807, 2.05) is 60.7 Å². The molecule has 3 unspecified atom stereocenters. The number of hydrogen-bond acceptors (Lipinski definition) is 5. The number of rotatable bonds is 22. The van der Waals surface area contributed by atoms with Crippen LogP contribution in [0.2, 0.25) is 0 Å². The molecule has 2 bridgehead atoms. The number of benzene rings is 2. The molecule has 7 heteroatoms. The predicted octanol–water partition coefficient (Wildman–Crippen LogP) is 8.34. The summed E-state index contributed by atoms with van der Waals surface area (Å²) in [5, 5.41) is 0. The lowest BCUT2D eigenvalue weighted by atomic mass is 9.85. The van der Waals surface area contributed by atoms with E-state index in [0.29, 0.717) is 29.6 Å². The summed E-state index contributed by atoms with van der Waals surface area (Å²) >= 11 is 0.